The molecule has 3 N–H and O–H groups in total. The van der Waals surface area contributed by atoms with E-state index in [2.05, 4.69) is 5.32 Å². The zero-order valence-electron chi connectivity index (χ0n) is 9.71. The number of ether oxygens (including phenoxy) is 1. The van der Waals surface area contributed by atoms with E-state index in [1.165, 1.54) is 19.3 Å². The highest BCUT2D eigenvalue weighted by molar-refractivity contribution is 5.79. The third-order valence-corrected chi connectivity index (χ3v) is 3.09. The topological polar surface area (TPSA) is 64.3 Å². The van der Waals surface area contributed by atoms with E-state index >= 15 is 0 Å². The molecular weight excluding hydrogens is 192 g/mol. The molecule has 88 valence electrons. The van der Waals surface area contributed by atoms with Crippen molar-refractivity contribution in [3.05, 3.63) is 0 Å². The molecule has 1 fully saturated rings. The van der Waals surface area contributed by atoms with Crippen LogP contribution in [0, 0.1) is 0 Å². The predicted octanol–water partition coefficient (Wildman–Crippen LogP) is 0.799. The maximum Gasteiger partial charge on any atom is 0.248 e. The maximum absolute atomic E-state index is 11.2. The van der Waals surface area contributed by atoms with Crippen LogP contribution in [-0.2, 0) is 9.53 Å². The molecule has 4 heteroatoms. The fourth-order valence-corrected chi connectivity index (χ4v) is 1.97. The molecule has 0 bridgehead atoms. The SMILES string of the molecule is CNC(=O)C(C)OCC1(N)CCCCC1. The third-order valence-electron chi connectivity index (χ3n) is 3.09. The molecule has 1 aliphatic carbocycles. The molecule has 15 heavy (non-hydrogen) atoms. The Balaban J connectivity index is 2.31. The summed E-state index contributed by atoms with van der Waals surface area (Å²) < 4.78 is 5.50. The second-order valence-electron chi connectivity index (χ2n) is 4.49. The van der Waals surface area contributed by atoms with Gasteiger partial charge in [0.25, 0.3) is 0 Å². The van der Waals surface area contributed by atoms with Crippen molar-refractivity contribution in [3.8, 4) is 0 Å². The zero-order chi connectivity index (χ0) is 11.3. The Morgan fingerprint density at radius 3 is 2.60 bits per heavy atom. The first-order chi connectivity index (χ1) is 7.07. The molecule has 0 saturated heterocycles. The molecule has 4 nitrogen and oxygen atoms in total. The molecule has 0 heterocycles. The largest absolute Gasteiger partial charge is 0.367 e. The number of rotatable bonds is 4. The molecular formula is C11H22N2O2. The van der Waals surface area contributed by atoms with Crippen LogP contribution in [0.25, 0.3) is 0 Å². The molecule has 1 aliphatic rings. The normalized spacial score (nSPS) is 22.1. The van der Waals surface area contributed by atoms with Crippen LogP contribution >= 0.6 is 0 Å². The highest BCUT2D eigenvalue weighted by Gasteiger charge is 2.28. The van der Waals surface area contributed by atoms with Crippen LogP contribution in [0.15, 0.2) is 0 Å². The molecule has 0 aromatic carbocycles. The zero-order valence-corrected chi connectivity index (χ0v) is 9.71. The van der Waals surface area contributed by atoms with Gasteiger partial charge in [0.2, 0.25) is 5.91 Å². The van der Waals surface area contributed by atoms with E-state index in [0.29, 0.717) is 6.61 Å². The quantitative estimate of drug-likeness (QED) is 0.727. The van der Waals surface area contributed by atoms with Crippen molar-refractivity contribution in [2.75, 3.05) is 13.7 Å². The van der Waals surface area contributed by atoms with E-state index < -0.39 is 6.10 Å². The molecule has 1 unspecified atom stereocenters. The first-order valence-corrected chi connectivity index (χ1v) is 5.69. The summed E-state index contributed by atoms with van der Waals surface area (Å²) >= 11 is 0. The van der Waals surface area contributed by atoms with Gasteiger partial charge in [-0.25, -0.2) is 0 Å². The summed E-state index contributed by atoms with van der Waals surface area (Å²) in [7, 11) is 1.61. The van der Waals surface area contributed by atoms with E-state index in [4.69, 9.17) is 10.5 Å². The van der Waals surface area contributed by atoms with E-state index in [-0.39, 0.29) is 11.4 Å². The molecule has 0 aromatic heterocycles. The summed E-state index contributed by atoms with van der Waals surface area (Å²) in [6, 6.07) is 0. The van der Waals surface area contributed by atoms with Crippen molar-refractivity contribution in [2.24, 2.45) is 5.73 Å². The monoisotopic (exact) mass is 214 g/mol. The van der Waals surface area contributed by atoms with Crippen LogP contribution in [0.3, 0.4) is 0 Å². The Bertz CT molecular complexity index is 213. The van der Waals surface area contributed by atoms with Crippen LogP contribution in [-0.4, -0.2) is 31.2 Å². The number of amides is 1. The first-order valence-electron chi connectivity index (χ1n) is 5.69. The average Bonchev–Trinajstić information content (AvgIpc) is 2.26. The summed E-state index contributed by atoms with van der Waals surface area (Å²) in [4.78, 5) is 11.2. The average molecular weight is 214 g/mol. The maximum atomic E-state index is 11.2. The van der Waals surface area contributed by atoms with E-state index in [0.717, 1.165) is 12.8 Å². The molecule has 0 spiro atoms. The van der Waals surface area contributed by atoms with Gasteiger partial charge in [-0.2, -0.15) is 0 Å². The standard InChI is InChI=1S/C11H22N2O2/c1-9(10(14)13-2)15-8-11(12)6-4-3-5-7-11/h9H,3-8,12H2,1-2H3,(H,13,14). The van der Waals surface area contributed by atoms with Gasteiger partial charge in [-0.1, -0.05) is 19.3 Å². The number of carbonyl (C=O) groups is 1. The minimum absolute atomic E-state index is 0.0885. The third kappa shape index (κ3) is 3.80. The Kier molecular flexibility index (Phi) is 4.54. The second-order valence-corrected chi connectivity index (χ2v) is 4.49. The van der Waals surface area contributed by atoms with Crippen LogP contribution in [0.5, 0.6) is 0 Å². The summed E-state index contributed by atoms with van der Waals surface area (Å²) in [6.45, 7) is 2.24. The van der Waals surface area contributed by atoms with Crippen molar-refractivity contribution in [1.29, 1.82) is 0 Å². The lowest BCUT2D eigenvalue weighted by Crippen LogP contribution is -2.48. The van der Waals surface area contributed by atoms with Crippen molar-refractivity contribution in [2.45, 2.75) is 50.7 Å². The Labute approximate surface area is 91.5 Å². The second kappa shape index (κ2) is 5.47. The van der Waals surface area contributed by atoms with Gasteiger partial charge in [0.05, 0.1) is 6.61 Å². The number of carbonyl (C=O) groups excluding carboxylic acids is 1. The predicted molar refractivity (Wildman–Crippen MR) is 59.5 cm³/mol. The summed E-state index contributed by atoms with van der Waals surface area (Å²) in [5, 5.41) is 2.56. The van der Waals surface area contributed by atoms with Crippen molar-refractivity contribution >= 4 is 5.91 Å². The number of hydrogen-bond donors (Lipinski definition) is 2. The van der Waals surface area contributed by atoms with Gasteiger partial charge in [0.15, 0.2) is 0 Å². The van der Waals surface area contributed by atoms with Crippen LogP contribution in [0.2, 0.25) is 0 Å². The number of nitrogens with two attached hydrogens (primary N) is 1. The van der Waals surface area contributed by atoms with Gasteiger partial charge >= 0.3 is 0 Å². The minimum atomic E-state index is -0.405. The van der Waals surface area contributed by atoms with Crippen molar-refractivity contribution in [3.63, 3.8) is 0 Å². The Morgan fingerprint density at radius 2 is 2.07 bits per heavy atom. The lowest BCUT2D eigenvalue weighted by atomic mass is 9.83. The minimum Gasteiger partial charge on any atom is -0.367 e. The van der Waals surface area contributed by atoms with E-state index in [1.807, 2.05) is 0 Å². The van der Waals surface area contributed by atoms with Gasteiger partial charge in [-0.05, 0) is 19.8 Å². The number of likely N-dealkylation sites (N-methyl/N-ethyl adjacent to an activating group) is 1. The highest BCUT2D eigenvalue weighted by atomic mass is 16.5. The number of hydrogen-bond acceptors (Lipinski definition) is 3. The summed E-state index contributed by atoms with van der Waals surface area (Å²) in [6.07, 6.45) is 5.23. The molecule has 0 aliphatic heterocycles. The number of nitrogens with one attached hydrogen (secondary N) is 1. The van der Waals surface area contributed by atoms with E-state index in [1.54, 1.807) is 14.0 Å². The Morgan fingerprint density at radius 1 is 1.47 bits per heavy atom. The first kappa shape index (κ1) is 12.5. The van der Waals surface area contributed by atoms with Gasteiger partial charge < -0.3 is 15.8 Å². The van der Waals surface area contributed by atoms with Crippen LogP contribution in [0.1, 0.15) is 39.0 Å². The van der Waals surface area contributed by atoms with Crippen molar-refractivity contribution in [1.82, 2.24) is 5.32 Å². The fourth-order valence-electron chi connectivity index (χ4n) is 1.97. The highest BCUT2D eigenvalue weighted by Crippen LogP contribution is 2.26. The van der Waals surface area contributed by atoms with Crippen molar-refractivity contribution < 1.29 is 9.53 Å². The van der Waals surface area contributed by atoms with Gasteiger partial charge in [-0.15, -0.1) is 0 Å². The van der Waals surface area contributed by atoms with Crippen LogP contribution < -0.4 is 11.1 Å². The van der Waals surface area contributed by atoms with Crippen LogP contribution in [0.4, 0.5) is 0 Å². The van der Waals surface area contributed by atoms with Gasteiger partial charge in [0.1, 0.15) is 6.10 Å². The molecule has 1 atom stereocenters. The molecule has 1 saturated carbocycles. The van der Waals surface area contributed by atoms with E-state index in [9.17, 15) is 4.79 Å². The van der Waals surface area contributed by atoms with Gasteiger partial charge in [0, 0.05) is 12.6 Å². The Hall–Kier alpha value is -0.610. The molecule has 1 amide bonds. The lowest BCUT2D eigenvalue weighted by molar-refractivity contribution is -0.132. The molecule has 0 radical (unpaired) electrons. The molecule has 0 aromatic rings. The lowest BCUT2D eigenvalue weighted by Gasteiger charge is -2.33. The van der Waals surface area contributed by atoms with Gasteiger partial charge in [-0.3, -0.25) is 4.79 Å². The summed E-state index contributed by atoms with van der Waals surface area (Å²) in [5.74, 6) is -0.0885. The summed E-state index contributed by atoms with van der Waals surface area (Å²) in [5.41, 5.74) is 5.98. The fraction of sp³-hybridized carbons (Fsp3) is 0.909. The molecule has 1 rings (SSSR count). The smallest absolute Gasteiger partial charge is 0.248 e.